The lowest BCUT2D eigenvalue weighted by Crippen LogP contribution is -2.31. The normalized spacial score (nSPS) is 20.1. The van der Waals surface area contributed by atoms with Crippen LogP contribution < -0.4 is 0 Å². The Kier molecular flexibility index (Phi) is 2.36. The average molecular weight is 190 g/mol. The lowest BCUT2D eigenvalue weighted by Gasteiger charge is -2.36. The third-order valence-corrected chi connectivity index (χ3v) is 3.12. The molecule has 1 aromatic rings. The summed E-state index contributed by atoms with van der Waals surface area (Å²) in [6.07, 6.45) is 2.48. The second-order valence-electron chi connectivity index (χ2n) is 4.62. The molecule has 1 nitrogen and oxygen atoms in total. The molecule has 0 saturated heterocycles. The maximum atomic E-state index is 6.05. The summed E-state index contributed by atoms with van der Waals surface area (Å²) in [4.78, 5) is 0. The fraction of sp³-hybridized carbons (Fsp3) is 0.538. The van der Waals surface area contributed by atoms with Crippen molar-refractivity contribution in [2.75, 3.05) is 0 Å². The lowest BCUT2D eigenvalue weighted by atomic mass is 9.85. The smallest absolute Gasteiger partial charge is 0.0875 e. The minimum Gasteiger partial charge on any atom is -0.367 e. The van der Waals surface area contributed by atoms with Gasteiger partial charge < -0.3 is 4.74 Å². The molecule has 1 heteroatoms. The predicted molar refractivity (Wildman–Crippen MR) is 58.3 cm³/mol. The van der Waals surface area contributed by atoms with Crippen molar-refractivity contribution in [3.8, 4) is 0 Å². The zero-order valence-corrected chi connectivity index (χ0v) is 9.21. The van der Waals surface area contributed by atoms with Gasteiger partial charge in [0.15, 0.2) is 0 Å². The Morgan fingerprint density at radius 1 is 1.36 bits per heavy atom. The van der Waals surface area contributed by atoms with Gasteiger partial charge in [0.2, 0.25) is 0 Å². The minimum absolute atomic E-state index is 0.0121. The summed E-state index contributed by atoms with van der Waals surface area (Å²) in [5, 5.41) is 0. The summed E-state index contributed by atoms with van der Waals surface area (Å²) >= 11 is 0. The summed E-state index contributed by atoms with van der Waals surface area (Å²) in [6.45, 7) is 6.49. The number of hydrogen-bond acceptors (Lipinski definition) is 1. The van der Waals surface area contributed by atoms with Crippen LogP contribution in [0.1, 0.15) is 44.4 Å². The fourth-order valence-electron chi connectivity index (χ4n) is 1.79. The van der Waals surface area contributed by atoms with Crippen LogP contribution in [0, 0.1) is 0 Å². The van der Waals surface area contributed by atoms with E-state index >= 15 is 0 Å². The van der Waals surface area contributed by atoms with Crippen molar-refractivity contribution in [1.29, 1.82) is 0 Å². The van der Waals surface area contributed by atoms with E-state index in [9.17, 15) is 0 Å². The Bertz CT molecular complexity index is 328. The third kappa shape index (κ3) is 1.69. The van der Waals surface area contributed by atoms with E-state index in [1.165, 1.54) is 11.1 Å². The monoisotopic (exact) mass is 190 g/mol. The standard InChI is InChI=1S/C13H18O/c1-4-13(2,3)14-12-9-10-7-5-6-8-11(10)12/h5-8,12H,4,9H2,1-3H3. The minimum atomic E-state index is 0.0121. The molecule has 76 valence electrons. The van der Waals surface area contributed by atoms with Crippen molar-refractivity contribution in [3.05, 3.63) is 35.4 Å². The molecular formula is C13H18O. The van der Waals surface area contributed by atoms with Gasteiger partial charge in [0.05, 0.1) is 11.7 Å². The quantitative estimate of drug-likeness (QED) is 0.709. The van der Waals surface area contributed by atoms with Crippen LogP contribution >= 0.6 is 0 Å². The number of hydrogen-bond donors (Lipinski definition) is 0. The van der Waals surface area contributed by atoms with Gasteiger partial charge in [0, 0.05) is 6.42 Å². The van der Waals surface area contributed by atoms with Crippen LogP contribution in [0.2, 0.25) is 0 Å². The number of fused-ring (bicyclic) bond motifs is 1. The van der Waals surface area contributed by atoms with Crippen LogP contribution in [0.4, 0.5) is 0 Å². The summed E-state index contributed by atoms with van der Waals surface area (Å²) in [7, 11) is 0. The molecule has 0 aliphatic heterocycles. The van der Waals surface area contributed by atoms with Crippen LogP contribution in [-0.4, -0.2) is 5.60 Å². The molecule has 0 N–H and O–H groups in total. The molecule has 0 heterocycles. The Balaban J connectivity index is 2.06. The van der Waals surface area contributed by atoms with Gasteiger partial charge in [-0.3, -0.25) is 0 Å². The molecule has 14 heavy (non-hydrogen) atoms. The van der Waals surface area contributed by atoms with E-state index in [0.717, 1.165) is 12.8 Å². The molecule has 0 fully saturated rings. The molecule has 1 aliphatic carbocycles. The first kappa shape index (κ1) is 9.72. The largest absolute Gasteiger partial charge is 0.367 e. The Morgan fingerprint density at radius 3 is 2.71 bits per heavy atom. The van der Waals surface area contributed by atoms with E-state index in [4.69, 9.17) is 4.74 Å². The Labute approximate surface area is 86.1 Å². The molecule has 2 rings (SSSR count). The van der Waals surface area contributed by atoms with Crippen molar-refractivity contribution in [2.45, 2.75) is 45.3 Å². The van der Waals surface area contributed by atoms with Crippen molar-refractivity contribution in [3.63, 3.8) is 0 Å². The van der Waals surface area contributed by atoms with Gasteiger partial charge in [0.1, 0.15) is 0 Å². The summed E-state index contributed by atoms with van der Waals surface area (Å²) in [5.41, 5.74) is 2.84. The van der Waals surface area contributed by atoms with Gasteiger partial charge in [-0.15, -0.1) is 0 Å². The highest BCUT2D eigenvalue weighted by Gasteiger charge is 2.31. The molecule has 0 bridgehead atoms. The molecule has 1 aliphatic rings. The first-order chi connectivity index (χ1) is 6.62. The SMILES string of the molecule is CCC(C)(C)OC1Cc2ccccc21. The summed E-state index contributed by atoms with van der Waals surface area (Å²) in [6, 6.07) is 8.55. The second kappa shape index (κ2) is 3.39. The molecule has 1 atom stereocenters. The molecular weight excluding hydrogens is 172 g/mol. The Hall–Kier alpha value is -0.820. The van der Waals surface area contributed by atoms with Crippen molar-refractivity contribution >= 4 is 0 Å². The first-order valence-electron chi connectivity index (χ1n) is 5.38. The van der Waals surface area contributed by atoms with E-state index in [2.05, 4.69) is 45.0 Å². The van der Waals surface area contributed by atoms with Crippen LogP contribution in [0.15, 0.2) is 24.3 Å². The van der Waals surface area contributed by atoms with E-state index in [-0.39, 0.29) is 5.60 Å². The van der Waals surface area contributed by atoms with Crippen LogP contribution in [-0.2, 0) is 11.2 Å². The molecule has 0 saturated carbocycles. The van der Waals surface area contributed by atoms with Gasteiger partial charge >= 0.3 is 0 Å². The van der Waals surface area contributed by atoms with Gasteiger partial charge in [0.25, 0.3) is 0 Å². The average Bonchev–Trinajstić information content (AvgIpc) is 2.15. The number of benzene rings is 1. The van der Waals surface area contributed by atoms with E-state index in [0.29, 0.717) is 6.10 Å². The number of rotatable bonds is 3. The van der Waals surface area contributed by atoms with Crippen molar-refractivity contribution in [2.24, 2.45) is 0 Å². The lowest BCUT2D eigenvalue weighted by molar-refractivity contribution is -0.0849. The summed E-state index contributed by atoms with van der Waals surface area (Å²) in [5.74, 6) is 0. The highest BCUT2D eigenvalue weighted by atomic mass is 16.5. The highest BCUT2D eigenvalue weighted by molar-refractivity contribution is 5.38. The van der Waals surface area contributed by atoms with E-state index in [1.807, 2.05) is 0 Å². The van der Waals surface area contributed by atoms with E-state index < -0.39 is 0 Å². The van der Waals surface area contributed by atoms with Crippen LogP contribution in [0.3, 0.4) is 0 Å². The third-order valence-electron chi connectivity index (χ3n) is 3.12. The first-order valence-corrected chi connectivity index (χ1v) is 5.38. The van der Waals surface area contributed by atoms with Crippen LogP contribution in [0.25, 0.3) is 0 Å². The topological polar surface area (TPSA) is 9.23 Å². The van der Waals surface area contributed by atoms with Gasteiger partial charge in [-0.05, 0) is 31.4 Å². The molecule has 0 radical (unpaired) electrons. The molecule has 0 amide bonds. The number of ether oxygens (including phenoxy) is 1. The molecule has 1 aromatic carbocycles. The maximum absolute atomic E-state index is 6.05. The Morgan fingerprint density at radius 2 is 2.07 bits per heavy atom. The van der Waals surface area contributed by atoms with Gasteiger partial charge in [-0.2, -0.15) is 0 Å². The maximum Gasteiger partial charge on any atom is 0.0875 e. The van der Waals surface area contributed by atoms with Crippen molar-refractivity contribution < 1.29 is 4.74 Å². The van der Waals surface area contributed by atoms with Gasteiger partial charge in [-0.25, -0.2) is 0 Å². The van der Waals surface area contributed by atoms with E-state index in [1.54, 1.807) is 0 Å². The zero-order valence-electron chi connectivity index (χ0n) is 9.21. The summed E-state index contributed by atoms with van der Waals surface area (Å²) < 4.78 is 6.05. The molecule has 0 aromatic heterocycles. The predicted octanol–water partition coefficient (Wildman–Crippen LogP) is 3.49. The second-order valence-corrected chi connectivity index (χ2v) is 4.62. The molecule has 0 spiro atoms. The van der Waals surface area contributed by atoms with Crippen LogP contribution in [0.5, 0.6) is 0 Å². The van der Waals surface area contributed by atoms with Crippen molar-refractivity contribution in [1.82, 2.24) is 0 Å². The highest BCUT2D eigenvalue weighted by Crippen LogP contribution is 2.38. The van der Waals surface area contributed by atoms with Gasteiger partial charge in [-0.1, -0.05) is 31.2 Å². The molecule has 1 unspecified atom stereocenters. The fourth-order valence-corrected chi connectivity index (χ4v) is 1.79. The zero-order chi connectivity index (χ0) is 10.2.